The Morgan fingerprint density at radius 1 is 0.389 bits per heavy atom. The van der Waals surface area contributed by atoms with Gasteiger partial charge in [0.05, 0.1) is 19.8 Å². The van der Waals surface area contributed by atoms with Gasteiger partial charge in [-0.2, -0.15) is 0 Å². The number of carbonyl (C=O) groups excluding carboxylic acids is 3. The Morgan fingerprint density at radius 2 is 0.708 bits per heavy atom. The zero-order valence-electron chi connectivity index (χ0n) is 46.7. The second-order valence-corrected chi connectivity index (χ2v) is 21.6. The smallest absolute Gasteiger partial charge is 0.462 e. The number of rotatable bonds is 56. The molecule has 0 aromatic rings. The van der Waals surface area contributed by atoms with Crippen molar-refractivity contribution in [2.45, 2.75) is 303 Å². The Balaban J connectivity index is 4.71. The molecule has 0 saturated heterocycles. The average molecular weight is 1040 g/mol. The van der Waals surface area contributed by atoms with Crippen molar-refractivity contribution in [1.29, 1.82) is 0 Å². The third-order valence-corrected chi connectivity index (χ3v) is 14.0. The number of aliphatic hydroxyl groups is 1. The lowest BCUT2D eigenvalue weighted by atomic mass is 10.0. The predicted octanol–water partition coefficient (Wildman–Crippen LogP) is 17.6. The van der Waals surface area contributed by atoms with Crippen LogP contribution in [0, 0.1) is 0 Å². The number of hydrogen-bond acceptors (Lipinski definition) is 10. The zero-order chi connectivity index (χ0) is 52.7. The lowest BCUT2D eigenvalue weighted by molar-refractivity contribution is -0.161. The van der Waals surface area contributed by atoms with E-state index in [2.05, 4.69) is 57.2 Å². The molecule has 0 aliphatic rings. The van der Waals surface area contributed by atoms with E-state index in [4.69, 9.17) is 23.3 Å². The maximum atomic E-state index is 12.9. The van der Waals surface area contributed by atoms with Gasteiger partial charge in [-0.15, -0.1) is 0 Å². The second-order valence-electron chi connectivity index (χ2n) is 20.2. The number of aliphatic hydroxyl groups excluding tert-OH is 1. The number of ether oxygens (including phenoxy) is 3. The SMILES string of the molecule is CCC/C=C\C/C=C\CCCCCCCC(=O)OC(CO)COP(=O)(O)OCC(COC(=O)CCCCCCC/C=C\CCCCCCCC)OC(=O)CCCCCCCCCCCCCCCCCCC. The molecule has 422 valence electrons. The number of hydrogen-bond donors (Lipinski definition) is 2. The summed E-state index contributed by atoms with van der Waals surface area (Å²) in [5.74, 6) is -1.47. The molecule has 3 atom stereocenters. The predicted molar refractivity (Wildman–Crippen MR) is 298 cm³/mol. The maximum absolute atomic E-state index is 12.9. The Bertz CT molecular complexity index is 1350. The van der Waals surface area contributed by atoms with E-state index in [1.54, 1.807) is 0 Å². The normalized spacial score (nSPS) is 13.6. The first kappa shape index (κ1) is 69.7. The zero-order valence-corrected chi connectivity index (χ0v) is 47.6. The van der Waals surface area contributed by atoms with E-state index in [-0.39, 0.29) is 25.9 Å². The number of allylic oxidation sites excluding steroid dienone is 6. The fourth-order valence-corrected chi connectivity index (χ4v) is 9.23. The maximum Gasteiger partial charge on any atom is 0.472 e. The molecule has 0 aromatic carbocycles. The van der Waals surface area contributed by atoms with Gasteiger partial charge >= 0.3 is 25.7 Å². The summed E-state index contributed by atoms with van der Waals surface area (Å²) in [6, 6.07) is 0. The van der Waals surface area contributed by atoms with Gasteiger partial charge in [0.25, 0.3) is 0 Å². The highest BCUT2D eigenvalue weighted by Gasteiger charge is 2.28. The molecular formula is C60H111O11P. The molecular weight excluding hydrogens is 928 g/mol. The van der Waals surface area contributed by atoms with Crippen LogP contribution in [0.2, 0.25) is 0 Å². The monoisotopic (exact) mass is 1040 g/mol. The number of carbonyl (C=O) groups is 3. The third kappa shape index (κ3) is 52.6. The van der Waals surface area contributed by atoms with Crippen LogP contribution < -0.4 is 0 Å². The molecule has 0 amide bonds. The van der Waals surface area contributed by atoms with E-state index < -0.39 is 57.8 Å². The van der Waals surface area contributed by atoms with Gasteiger partial charge in [-0.25, -0.2) is 4.57 Å². The average Bonchev–Trinajstić information content (AvgIpc) is 3.37. The second kappa shape index (κ2) is 54.9. The molecule has 72 heavy (non-hydrogen) atoms. The molecule has 0 heterocycles. The summed E-state index contributed by atoms with van der Waals surface area (Å²) in [4.78, 5) is 48.6. The van der Waals surface area contributed by atoms with Crippen LogP contribution >= 0.6 is 7.82 Å². The Hall–Kier alpha value is -2.30. The molecule has 0 fully saturated rings. The lowest BCUT2D eigenvalue weighted by Gasteiger charge is -2.21. The highest BCUT2D eigenvalue weighted by atomic mass is 31.2. The van der Waals surface area contributed by atoms with Crippen LogP contribution in [0.15, 0.2) is 36.5 Å². The number of unbranched alkanes of at least 4 members (excludes halogenated alkanes) is 33. The van der Waals surface area contributed by atoms with E-state index in [0.29, 0.717) is 19.3 Å². The van der Waals surface area contributed by atoms with E-state index in [0.717, 1.165) is 103 Å². The molecule has 0 bridgehead atoms. The first-order chi connectivity index (χ1) is 35.2. The van der Waals surface area contributed by atoms with E-state index in [1.165, 1.54) is 128 Å². The van der Waals surface area contributed by atoms with Crippen LogP contribution in [0.4, 0.5) is 0 Å². The highest BCUT2D eigenvalue weighted by molar-refractivity contribution is 7.47. The minimum Gasteiger partial charge on any atom is -0.462 e. The van der Waals surface area contributed by atoms with Crippen molar-refractivity contribution in [2.24, 2.45) is 0 Å². The first-order valence-corrected chi connectivity index (χ1v) is 31.4. The van der Waals surface area contributed by atoms with Crippen molar-refractivity contribution < 1.29 is 52.2 Å². The van der Waals surface area contributed by atoms with E-state index in [9.17, 15) is 28.9 Å². The van der Waals surface area contributed by atoms with E-state index in [1.807, 2.05) is 0 Å². The lowest BCUT2D eigenvalue weighted by Crippen LogP contribution is -2.30. The van der Waals surface area contributed by atoms with Crippen LogP contribution in [-0.4, -0.2) is 66.5 Å². The molecule has 3 unspecified atom stereocenters. The van der Waals surface area contributed by atoms with Crippen LogP contribution in [0.25, 0.3) is 0 Å². The van der Waals surface area contributed by atoms with Gasteiger partial charge in [0.1, 0.15) is 12.7 Å². The summed E-state index contributed by atoms with van der Waals surface area (Å²) in [6.07, 6.45) is 56.7. The molecule has 2 N–H and O–H groups in total. The van der Waals surface area contributed by atoms with Gasteiger partial charge in [0.15, 0.2) is 6.10 Å². The molecule has 0 aliphatic heterocycles. The summed E-state index contributed by atoms with van der Waals surface area (Å²) in [6.45, 7) is 4.60. The standard InChI is InChI=1S/C60H111O11P/c1-4-7-10-13-16-19-22-25-27-28-30-33-36-39-42-45-48-51-60(64)71-57(53-67-58(62)49-46-43-40-37-34-32-29-26-23-20-17-14-11-8-5-2)55-69-72(65,66)68-54-56(52-61)70-59(63)50-47-44-41-38-35-31-24-21-18-15-12-9-6-3/h12,15,21,24,26,29,56-57,61H,4-11,13-14,16-20,22-23,25,27-28,30-55H2,1-3H3,(H,65,66)/b15-12-,24-21-,29-26-. The number of phosphoric acid groups is 1. The third-order valence-electron chi connectivity index (χ3n) is 13.0. The fraction of sp³-hybridized carbons (Fsp3) is 0.850. The van der Waals surface area contributed by atoms with Gasteiger partial charge in [0, 0.05) is 19.3 Å². The van der Waals surface area contributed by atoms with Crippen LogP contribution in [0.5, 0.6) is 0 Å². The molecule has 0 aliphatic carbocycles. The summed E-state index contributed by atoms with van der Waals surface area (Å²) in [5, 5.41) is 9.81. The molecule has 0 spiro atoms. The van der Waals surface area contributed by atoms with Crippen molar-refractivity contribution in [1.82, 2.24) is 0 Å². The van der Waals surface area contributed by atoms with E-state index >= 15 is 0 Å². The Labute approximate surface area is 441 Å². The quantitative estimate of drug-likeness (QED) is 0.0197. The largest absolute Gasteiger partial charge is 0.472 e. The summed E-state index contributed by atoms with van der Waals surface area (Å²) in [7, 11) is -4.75. The number of esters is 3. The van der Waals surface area contributed by atoms with Crippen molar-refractivity contribution in [3.05, 3.63) is 36.5 Å². The summed E-state index contributed by atoms with van der Waals surface area (Å²) < 4.78 is 39.5. The molecule has 0 radical (unpaired) electrons. The van der Waals surface area contributed by atoms with Crippen molar-refractivity contribution in [2.75, 3.05) is 26.4 Å². The minimum atomic E-state index is -4.75. The van der Waals surface area contributed by atoms with Gasteiger partial charge in [-0.1, -0.05) is 237 Å². The van der Waals surface area contributed by atoms with Gasteiger partial charge in [-0.05, 0) is 70.6 Å². The highest BCUT2D eigenvalue weighted by Crippen LogP contribution is 2.43. The molecule has 0 aromatic heterocycles. The van der Waals surface area contributed by atoms with Crippen molar-refractivity contribution >= 4 is 25.7 Å². The first-order valence-electron chi connectivity index (χ1n) is 29.9. The molecule has 0 rings (SSSR count). The van der Waals surface area contributed by atoms with Gasteiger partial charge in [-0.3, -0.25) is 23.4 Å². The van der Waals surface area contributed by atoms with Crippen LogP contribution in [0.1, 0.15) is 290 Å². The fourth-order valence-electron chi connectivity index (χ4n) is 8.45. The van der Waals surface area contributed by atoms with Crippen LogP contribution in [-0.2, 0) is 42.2 Å². The van der Waals surface area contributed by atoms with Gasteiger partial charge in [0.2, 0.25) is 0 Å². The Morgan fingerprint density at radius 3 is 1.10 bits per heavy atom. The van der Waals surface area contributed by atoms with Crippen molar-refractivity contribution in [3.8, 4) is 0 Å². The molecule has 12 heteroatoms. The minimum absolute atomic E-state index is 0.163. The van der Waals surface area contributed by atoms with Crippen LogP contribution in [0.3, 0.4) is 0 Å². The molecule has 0 saturated carbocycles. The topological polar surface area (TPSA) is 155 Å². The summed E-state index contributed by atoms with van der Waals surface area (Å²) in [5.41, 5.74) is 0. The number of phosphoric ester groups is 1. The molecule has 11 nitrogen and oxygen atoms in total. The Kier molecular flexibility index (Phi) is 53.2. The van der Waals surface area contributed by atoms with Crippen molar-refractivity contribution in [3.63, 3.8) is 0 Å². The van der Waals surface area contributed by atoms with Gasteiger partial charge < -0.3 is 24.2 Å². The summed E-state index contributed by atoms with van der Waals surface area (Å²) >= 11 is 0.